The van der Waals surface area contributed by atoms with Crippen LogP contribution in [0.5, 0.6) is 0 Å². The lowest BCUT2D eigenvalue weighted by Gasteiger charge is -2.24. The summed E-state index contributed by atoms with van der Waals surface area (Å²) in [6.07, 6.45) is -1.14. The SMILES string of the molecule is Cl.FC(F)(F)c1cccc(C2CCCCN2)c1. The molecular weight excluding hydrogens is 251 g/mol. The van der Waals surface area contributed by atoms with Crippen LogP contribution in [-0.4, -0.2) is 6.54 Å². The van der Waals surface area contributed by atoms with Gasteiger partial charge in [0.1, 0.15) is 0 Å². The minimum Gasteiger partial charge on any atom is -0.310 e. The Hall–Kier alpha value is -0.740. The topological polar surface area (TPSA) is 12.0 Å². The zero-order chi connectivity index (χ0) is 11.6. The van der Waals surface area contributed by atoms with Crippen LogP contribution in [0.15, 0.2) is 24.3 Å². The van der Waals surface area contributed by atoms with Crippen molar-refractivity contribution in [1.82, 2.24) is 5.32 Å². The highest BCUT2D eigenvalue weighted by atomic mass is 35.5. The predicted molar refractivity (Wildman–Crippen MR) is 63.3 cm³/mol. The van der Waals surface area contributed by atoms with Crippen LogP contribution < -0.4 is 5.32 Å². The van der Waals surface area contributed by atoms with E-state index in [2.05, 4.69) is 5.32 Å². The maximum atomic E-state index is 12.5. The molecule has 1 aliphatic heterocycles. The minimum absolute atomic E-state index is 0. The molecule has 0 saturated carbocycles. The van der Waals surface area contributed by atoms with Crippen LogP contribution in [0.2, 0.25) is 0 Å². The van der Waals surface area contributed by atoms with Crippen molar-refractivity contribution in [3.8, 4) is 0 Å². The maximum absolute atomic E-state index is 12.5. The summed E-state index contributed by atoms with van der Waals surface area (Å²) in [5, 5.41) is 3.25. The van der Waals surface area contributed by atoms with E-state index >= 15 is 0 Å². The van der Waals surface area contributed by atoms with Gasteiger partial charge in [-0.05, 0) is 37.1 Å². The van der Waals surface area contributed by atoms with Crippen LogP contribution >= 0.6 is 12.4 Å². The third-order valence-corrected chi connectivity index (χ3v) is 2.93. The molecule has 1 N–H and O–H groups in total. The van der Waals surface area contributed by atoms with Crippen LogP contribution in [0.4, 0.5) is 13.2 Å². The third-order valence-electron chi connectivity index (χ3n) is 2.93. The first-order valence-electron chi connectivity index (χ1n) is 5.48. The van der Waals surface area contributed by atoms with E-state index in [1.165, 1.54) is 12.1 Å². The monoisotopic (exact) mass is 265 g/mol. The van der Waals surface area contributed by atoms with E-state index in [1.54, 1.807) is 6.07 Å². The van der Waals surface area contributed by atoms with Crippen LogP contribution in [-0.2, 0) is 6.18 Å². The molecule has 0 aliphatic carbocycles. The van der Waals surface area contributed by atoms with E-state index in [4.69, 9.17) is 0 Å². The smallest absolute Gasteiger partial charge is 0.310 e. The molecule has 2 rings (SSSR count). The van der Waals surface area contributed by atoms with Gasteiger partial charge in [0.2, 0.25) is 0 Å². The fourth-order valence-corrected chi connectivity index (χ4v) is 2.07. The number of halogens is 4. The molecule has 1 aromatic rings. The standard InChI is InChI=1S/C12H14F3N.ClH/c13-12(14,15)10-5-3-4-9(8-10)11-6-1-2-7-16-11;/h3-5,8,11,16H,1-2,6-7H2;1H. The van der Waals surface area contributed by atoms with Crippen molar-refractivity contribution in [2.45, 2.75) is 31.5 Å². The summed E-state index contributed by atoms with van der Waals surface area (Å²) in [7, 11) is 0. The Balaban J connectivity index is 0.00000144. The summed E-state index contributed by atoms with van der Waals surface area (Å²) in [6.45, 7) is 0.890. The Morgan fingerprint density at radius 1 is 1.18 bits per heavy atom. The molecule has 0 aromatic heterocycles. The zero-order valence-corrected chi connectivity index (χ0v) is 10.1. The van der Waals surface area contributed by atoms with Gasteiger partial charge in [-0.1, -0.05) is 18.6 Å². The van der Waals surface area contributed by atoms with Gasteiger partial charge in [-0.3, -0.25) is 0 Å². The lowest BCUT2D eigenvalue weighted by Crippen LogP contribution is -2.27. The lowest BCUT2D eigenvalue weighted by molar-refractivity contribution is -0.137. The normalized spacial score (nSPS) is 20.8. The Morgan fingerprint density at radius 2 is 1.94 bits per heavy atom. The molecular formula is C12H15ClF3N. The van der Waals surface area contributed by atoms with Gasteiger partial charge in [-0.25, -0.2) is 0 Å². The molecule has 1 saturated heterocycles. The number of nitrogens with one attached hydrogen (secondary N) is 1. The van der Waals surface area contributed by atoms with E-state index < -0.39 is 11.7 Å². The Labute approximate surface area is 105 Å². The molecule has 1 nitrogen and oxygen atoms in total. The third kappa shape index (κ3) is 3.61. The summed E-state index contributed by atoms with van der Waals surface area (Å²) < 4.78 is 37.5. The molecule has 96 valence electrons. The van der Waals surface area contributed by atoms with Gasteiger partial charge in [0.15, 0.2) is 0 Å². The number of rotatable bonds is 1. The average molecular weight is 266 g/mol. The molecule has 1 fully saturated rings. The van der Waals surface area contributed by atoms with Crippen LogP contribution in [0.1, 0.15) is 36.4 Å². The molecule has 1 aromatic carbocycles. The fraction of sp³-hybridized carbons (Fsp3) is 0.500. The van der Waals surface area contributed by atoms with E-state index in [-0.39, 0.29) is 18.4 Å². The first-order valence-corrected chi connectivity index (χ1v) is 5.48. The van der Waals surface area contributed by atoms with Gasteiger partial charge < -0.3 is 5.32 Å². The lowest BCUT2D eigenvalue weighted by atomic mass is 9.96. The van der Waals surface area contributed by atoms with E-state index in [1.807, 2.05) is 0 Å². The highest BCUT2D eigenvalue weighted by Gasteiger charge is 2.31. The van der Waals surface area contributed by atoms with Crippen molar-refractivity contribution in [1.29, 1.82) is 0 Å². The number of hydrogen-bond acceptors (Lipinski definition) is 1. The maximum Gasteiger partial charge on any atom is 0.416 e. The number of piperidine rings is 1. The fourth-order valence-electron chi connectivity index (χ4n) is 2.07. The molecule has 0 spiro atoms. The van der Waals surface area contributed by atoms with Gasteiger partial charge in [0.25, 0.3) is 0 Å². The molecule has 1 unspecified atom stereocenters. The van der Waals surface area contributed by atoms with Crippen LogP contribution in [0, 0.1) is 0 Å². The second-order valence-electron chi connectivity index (χ2n) is 4.13. The largest absolute Gasteiger partial charge is 0.416 e. The molecule has 1 heterocycles. The molecule has 0 amide bonds. The highest BCUT2D eigenvalue weighted by molar-refractivity contribution is 5.85. The summed E-state index contributed by atoms with van der Waals surface area (Å²) in [5.74, 6) is 0. The Bertz CT molecular complexity index is 359. The molecule has 0 bridgehead atoms. The van der Waals surface area contributed by atoms with Crippen LogP contribution in [0.25, 0.3) is 0 Å². The quantitative estimate of drug-likeness (QED) is 0.811. The molecule has 0 radical (unpaired) electrons. The average Bonchev–Trinajstić information content (AvgIpc) is 2.29. The first kappa shape index (κ1) is 14.3. The van der Waals surface area contributed by atoms with Gasteiger partial charge in [0, 0.05) is 6.04 Å². The minimum atomic E-state index is -4.25. The highest BCUT2D eigenvalue weighted by Crippen LogP contribution is 2.32. The summed E-state index contributed by atoms with van der Waals surface area (Å²) in [4.78, 5) is 0. The van der Waals surface area contributed by atoms with Gasteiger partial charge in [0.05, 0.1) is 5.56 Å². The number of benzene rings is 1. The summed E-state index contributed by atoms with van der Waals surface area (Å²) >= 11 is 0. The van der Waals surface area contributed by atoms with Crippen molar-refractivity contribution in [2.75, 3.05) is 6.54 Å². The van der Waals surface area contributed by atoms with Gasteiger partial charge in [-0.2, -0.15) is 13.2 Å². The van der Waals surface area contributed by atoms with Crippen molar-refractivity contribution < 1.29 is 13.2 Å². The molecule has 17 heavy (non-hydrogen) atoms. The number of alkyl halides is 3. The van der Waals surface area contributed by atoms with Crippen molar-refractivity contribution in [3.05, 3.63) is 35.4 Å². The van der Waals surface area contributed by atoms with Crippen LogP contribution in [0.3, 0.4) is 0 Å². The predicted octanol–water partition coefficient (Wildman–Crippen LogP) is 3.94. The van der Waals surface area contributed by atoms with Crippen molar-refractivity contribution in [2.24, 2.45) is 0 Å². The van der Waals surface area contributed by atoms with E-state index in [0.29, 0.717) is 0 Å². The second-order valence-corrected chi connectivity index (χ2v) is 4.13. The number of hydrogen-bond donors (Lipinski definition) is 1. The van der Waals surface area contributed by atoms with Gasteiger partial charge in [-0.15, -0.1) is 12.4 Å². The van der Waals surface area contributed by atoms with Crippen molar-refractivity contribution in [3.63, 3.8) is 0 Å². The zero-order valence-electron chi connectivity index (χ0n) is 9.26. The molecule has 5 heteroatoms. The van der Waals surface area contributed by atoms with E-state index in [9.17, 15) is 13.2 Å². The Kier molecular flexibility index (Phi) is 4.83. The Morgan fingerprint density at radius 3 is 2.53 bits per heavy atom. The van der Waals surface area contributed by atoms with Gasteiger partial charge >= 0.3 is 6.18 Å². The first-order chi connectivity index (χ1) is 7.57. The molecule has 1 aliphatic rings. The van der Waals surface area contributed by atoms with E-state index in [0.717, 1.165) is 37.4 Å². The summed E-state index contributed by atoms with van der Waals surface area (Å²) in [6, 6.07) is 5.69. The summed E-state index contributed by atoms with van der Waals surface area (Å²) in [5.41, 5.74) is 0.187. The molecule has 1 atom stereocenters. The second kappa shape index (κ2) is 5.74. The van der Waals surface area contributed by atoms with Crippen molar-refractivity contribution >= 4 is 12.4 Å².